The zero-order valence-electron chi connectivity index (χ0n) is 18.5. The van der Waals surface area contributed by atoms with Gasteiger partial charge < -0.3 is 15.7 Å². The SMILES string of the molecule is C=Cn1nc(-c2c[nH]c(=O)[nH]c2=O)cc(C2CC2)c1=NC.N=Cc1ccccc1NCC(F)F. The summed E-state index contributed by atoms with van der Waals surface area (Å²) in [7, 11) is 1.70. The number of halogens is 2. The second-order valence-electron chi connectivity index (χ2n) is 7.42. The van der Waals surface area contributed by atoms with Crippen molar-refractivity contribution in [2.24, 2.45) is 4.99 Å². The summed E-state index contributed by atoms with van der Waals surface area (Å²) < 4.78 is 25.2. The van der Waals surface area contributed by atoms with Crippen molar-refractivity contribution in [1.29, 1.82) is 5.41 Å². The highest BCUT2D eigenvalue weighted by molar-refractivity contribution is 5.85. The maximum absolute atomic E-state index is 11.9. The van der Waals surface area contributed by atoms with Gasteiger partial charge in [0, 0.05) is 42.5 Å². The Hall–Kier alpha value is -4.15. The molecular weight excluding hydrogens is 444 g/mol. The zero-order chi connectivity index (χ0) is 24.7. The molecule has 0 unspecified atom stereocenters. The summed E-state index contributed by atoms with van der Waals surface area (Å²) in [5.41, 5.74) is 2.77. The molecule has 11 heteroatoms. The first-order valence-corrected chi connectivity index (χ1v) is 10.5. The molecule has 1 aromatic carbocycles. The van der Waals surface area contributed by atoms with Crippen molar-refractivity contribution in [3.8, 4) is 11.3 Å². The molecule has 0 bridgehead atoms. The maximum atomic E-state index is 11.9. The Labute approximate surface area is 193 Å². The van der Waals surface area contributed by atoms with Crippen LogP contribution in [0, 0.1) is 5.41 Å². The third-order valence-electron chi connectivity index (χ3n) is 5.04. The number of hydrogen-bond acceptors (Lipinski definition) is 6. The molecule has 3 aromatic rings. The maximum Gasteiger partial charge on any atom is 0.325 e. The van der Waals surface area contributed by atoms with Gasteiger partial charge in [0.2, 0.25) is 0 Å². The standard InChI is InChI=1S/C14H15N5O2.C9H10F2N2/c1-3-19-12(15-2)9(8-4-5-8)6-11(18-19)10-7-16-14(21)17-13(10)20;10-9(11)6-13-8-4-2-1-3-7(8)5-12/h3,6-8H,1,4-5H2,2H3,(H2,16,17,20,21);1-5,9,12-13H,6H2. The number of aromatic nitrogens is 4. The number of para-hydroxylation sites is 1. The number of anilines is 1. The van der Waals surface area contributed by atoms with Gasteiger partial charge in [0.1, 0.15) is 0 Å². The largest absolute Gasteiger partial charge is 0.379 e. The minimum atomic E-state index is -2.38. The highest BCUT2D eigenvalue weighted by atomic mass is 19.3. The highest BCUT2D eigenvalue weighted by Crippen LogP contribution is 2.38. The third kappa shape index (κ3) is 6.00. The molecule has 0 saturated heterocycles. The molecule has 1 fully saturated rings. The van der Waals surface area contributed by atoms with Crippen molar-refractivity contribution in [1.82, 2.24) is 19.7 Å². The molecule has 0 atom stereocenters. The van der Waals surface area contributed by atoms with E-state index in [1.165, 1.54) is 6.20 Å². The van der Waals surface area contributed by atoms with Crippen LogP contribution in [-0.2, 0) is 0 Å². The molecule has 4 rings (SSSR count). The summed E-state index contributed by atoms with van der Waals surface area (Å²) in [6, 6.07) is 8.72. The Morgan fingerprint density at radius 1 is 1.35 bits per heavy atom. The summed E-state index contributed by atoms with van der Waals surface area (Å²) in [5, 5.41) is 13.9. The van der Waals surface area contributed by atoms with Crippen LogP contribution in [0.25, 0.3) is 17.5 Å². The van der Waals surface area contributed by atoms with Gasteiger partial charge in [-0.15, -0.1) is 0 Å². The van der Waals surface area contributed by atoms with Gasteiger partial charge in [0.15, 0.2) is 5.49 Å². The number of nitrogens with one attached hydrogen (secondary N) is 4. The molecule has 0 amide bonds. The normalized spacial score (nSPS) is 13.2. The van der Waals surface area contributed by atoms with Gasteiger partial charge in [-0.3, -0.25) is 14.8 Å². The fourth-order valence-electron chi connectivity index (χ4n) is 3.29. The lowest BCUT2D eigenvalue weighted by Crippen LogP contribution is -2.27. The minimum Gasteiger partial charge on any atom is -0.379 e. The van der Waals surface area contributed by atoms with E-state index < -0.39 is 17.7 Å². The van der Waals surface area contributed by atoms with Gasteiger partial charge in [-0.2, -0.15) is 5.10 Å². The highest BCUT2D eigenvalue weighted by Gasteiger charge is 2.27. The summed E-state index contributed by atoms with van der Waals surface area (Å²) in [6.07, 6.45) is 3.89. The summed E-state index contributed by atoms with van der Waals surface area (Å²) in [6.45, 7) is 3.34. The van der Waals surface area contributed by atoms with Crippen LogP contribution in [0.4, 0.5) is 14.5 Å². The molecule has 34 heavy (non-hydrogen) atoms. The Bertz CT molecular complexity index is 1350. The second-order valence-corrected chi connectivity index (χ2v) is 7.42. The van der Waals surface area contributed by atoms with E-state index in [1.807, 2.05) is 6.07 Å². The number of alkyl halides is 2. The van der Waals surface area contributed by atoms with Crippen LogP contribution in [0.2, 0.25) is 0 Å². The van der Waals surface area contributed by atoms with E-state index in [9.17, 15) is 18.4 Å². The van der Waals surface area contributed by atoms with E-state index >= 15 is 0 Å². The molecule has 0 spiro atoms. The molecule has 1 aliphatic carbocycles. The topological polar surface area (TPSA) is 132 Å². The molecule has 2 aromatic heterocycles. The van der Waals surface area contributed by atoms with Crippen molar-refractivity contribution < 1.29 is 8.78 Å². The van der Waals surface area contributed by atoms with Crippen LogP contribution in [0.15, 0.2) is 57.7 Å². The Morgan fingerprint density at radius 2 is 2.09 bits per heavy atom. The van der Waals surface area contributed by atoms with E-state index in [4.69, 9.17) is 5.41 Å². The van der Waals surface area contributed by atoms with Gasteiger partial charge >= 0.3 is 5.69 Å². The molecule has 9 nitrogen and oxygen atoms in total. The lowest BCUT2D eigenvalue weighted by atomic mass is 10.1. The Kier molecular flexibility index (Phi) is 8.01. The van der Waals surface area contributed by atoms with E-state index in [0.29, 0.717) is 28.4 Å². The number of benzene rings is 1. The predicted molar refractivity (Wildman–Crippen MR) is 128 cm³/mol. The van der Waals surface area contributed by atoms with Gasteiger partial charge in [-0.05, 0) is 30.9 Å². The van der Waals surface area contributed by atoms with Crippen molar-refractivity contribution in [3.63, 3.8) is 0 Å². The minimum absolute atomic E-state index is 0.315. The molecule has 2 heterocycles. The Morgan fingerprint density at radius 3 is 2.68 bits per heavy atom. The van der Waals surface area contributed by atoms with Crippen LogP contribution < -0.4 is 22.1 Å². The number of H-pyrrole nitrogens is 2. The molecule has 0 radical (unpaired) electrons. The molecule has 1 saturated carbocycles. The first-order chi connectivity index (χ1) is 16.4. The first kappa shape index (κ1) is 24.5. The predicted octanol–water partition coefficient (Wildman–Crippen LogP) is 2.80. The fourth-order valence-corrected chi connectivity index (χ4v) is 3.29. The lowest BCUT2D eigenvalue weighted by molar-refractivity contribution is 0.163. The van der Waals surface area contributed by atoms with Crippen molar-refractivity contribution in [2.45, 2.75) is 25.2 Å². The van der Waals surface area contributed by atoms with E-state index in [0.717, 1.165) is 30.1 Å². The van der Waals surface area contributed by atoms with Crippen LogP contribution in [0.3, 0.4) is 0 Å². The van der Waals surface area contributed by atoms with Crippen molar-refractivity contribution >= 4 is 18.1 Å². The second kappa shape index (κ2) is 11.1. The van der Waals surface area contributed by atoms with Crippen LogP contribution in [-0.4, -0.2) is 46.0 Å². The quantitative estimate of drug-likeness (QED) is 0.396. The van der Waals surface area contributed by atoms with E-state index in [1.54, 1.807) is 42.2 Å². The summed E-state index contributed by atoms with van der Waals surface area (Å²) >= 11 is 0. The number of aromatic amines is 2. The first-order valence-electron chi connectivity index (χ1n) is 10.5. The van der Waals surface area contributed by atoms with Crippen molar-refractivity contribution in [2.75, 3.05) is 18.9 Å². The van der Waals surface area contributed by atoms with Gasteiger partial charge in [-0.25, -0.2) is 18.3 Å². The molecule has 4 N–H and O–H groups in total. The van der Waals surface area contributed by atoms with Gasteiger partial charge in [0.25, 0.3) is 12.0 Å². The molecule has 1 aliphatic rings. The smallest absolute Gasteiger partial charge is 0.325 e. The van der Waals surface area contributed by atoms with Gasteiger partial charge in [0.05, 0.1) is 17.8 Å². The molecular formula is C23H25F2N7O2. The number of rotatable bonds is 7. The molecule has 0 aliphatic heterocycles. The average molecular weight is 469 g/mol. The van der Waals surface area contributed by atoms with E-state index in [2.05, 4.69) is 32.0 Å². The third-order valence-corrected chi connectivity index (χ3v) is 5.04. The summed E-state index contributed by atoms with van der Waals surface area (Å²) in [5.74, 6) is 0.443. The van der Waals surface area contributed by atoms with Crippen LogP contribution in [0.1, 0.15) is 29.9 Å². The fraction of sp³-hybridized carbons (Fsp3) is 0.261. The van der Waals surface area contributed by atoms with E-state index in [-0.39, 0.29) is 6.54 Å². The number of nitrogens with zero attached hydrogens (tertiary/aromatic N) is 3. The zero-order valence-corrected chi connectivity index (χ0v) is 18.5. The average Bonchev–Trinajstić information content (AvgIpc) is 3.68. The summed E-state index contributed by atoms with van der Waals surface area (Å²) in [4.78, 5) is 32.0. The van der Waals surface area contributed by atoms with Crippen LogP contribution >= 0.6 is 0 Å². The van der Waals surface area contributed by atoms with Crippen LogP contribution in [0.5, 0.6) is 0 Å². The molecule has 178 valence electrons. The van der Waals surface area contributed by atoms with Crippen molar-refractivity contribution in [3.05, 3.63) is 80.6 Å². The Balaban J connectivity index is 0.000000215. The lowest BCUT2D eigenvalue weighted by Gasteiger charge is -2.09. The monoisotopic (exact) mass is 469 g/mol. The number of hydrogen-bond donors (Lipinski definition) is 4. The van der Waals surface area contributed by atoms with Gasteiger partial charge in [-0.1, -0.05) is 24.8 Å².